The third-order valence-corrected chi connectivity index (χ3v) is 1.93. The van der Waals surface area contributed by atoms with E-state index >= 15 is 0 Å². The Labute approximate surface area is 82.3 Å². The van der Waals surface area contributed by atoms with Crippen molar-refractivity contribution in [2.45, 2.75) is 6.92 Å². The van der Waals surface area contributed by atoms with Gasteiger partial charge in [-0.3, -0.25) is 9.78 Å². The van der Waals surface area contributed by atoms with Crippen LogP contribution in [-0.4, -0.2) is 23.3 Å². The van der Waals surface area contributed by atoms with Crippen molar-refractivity contribution in [3.63, 3.8) is 0 Å². The highest BCUT2D eigenvalue weighted by Gasteiger charge is 2.11. The summed E-state index contributed by atoms with van der Waals surface area (Å²) in [6.45, 7) is 2.53. The van der Waals surface area contributed by atoms with Crippen LogP contribution in [0, 0.1) is 0 Å². The first-order valence-electron chi connectivity index (χ1n) is 4.06. The van der Waals surface area contributed by atoms with Gasteiger partial charge in [0.05, 0.1) is 0 Å². The number of carbonyl (C=O) groups is 1. The Morgan fingerprint density at radius 2 is 2.15 bits per heavy atom. The van der Waals surface area contributed by atoms with Crippen LogP contribution in [0.1, 0.15) is 6.92 Å². The first-order chi connectivity index (χ1) is 6.29. The van der Waals surface area contributed by atoms with E-state index in [0.717, 1.165) is 5.69 Å². The van der Waals surface area contributed by atoms with E-state index in [0.29, 0.717) is 6.54 Å². The van der Waals surface area contributed by atoms with Crippen molar-refractivity contribution in [1.29, 1.82) is 0 Å². The van der Waals surface area contributed by atoms with E-state index in [2.05, 4.69) is 4.98 Å². The number of carbonyl (C=O) groups excluding carboxylic acids is 1. The minimum Gasteiger partial charge on any atom is -0.312 e. The van der Waals surface area contributed by atoms with Gasteiger partial charge in [0.2, 0.25) is 5.91 Å². The summed E-state index contributed by atoms with van der Waals surface area (Å²) >= 11 is 5.47. The van der Waals surface area contributed by atoms with Crippen LogP contribution < -0.4 is 4.90 Å². The second-order valence-electron chi connectivity index (χ2n) is 2.48. The molecule has 1 heterocycles. The number of nitrogens with zero attached hydrogens (tertiary/aromatic N) is 2. The Morgan fingerprint density at radius 1 is 1.54 bits per heavy atom. The van der Waals surface area contributed by atoms with Gasteiger partial charge < -0.3 is 4.90 Å². The number of alkyl halides is 1. The van der Waals surface area contributed by atoms with Crippen molar-refractivity contribution in [3.05, 3.63) is 24.5 Å². The van der Waals surface area contributed by atoms with E-state index in [1.807, 2.05) is 6.92 Å². The minimum atomic E-state index is -0.0876. The lowest BCUT2D eigenvalue weighted by atomic mass is 10.3. The second kappa shape index (κ2) is 4.82. The third kappa shape index (κ3) is 2.42. The van der Waals surface area contributed by atoms with Crippen molar-refractivity contribution in [2.75, 3.05) is 17.3 Å². The molecule has 1 rings (SSSR count). The maximum Gasteiger partial charge on any atom is 0.241 e. The number of amides is 1. The average Bonchev–Trinajstić information content (AvgIpc) is 2.20. The van der Waals surface area contributed by atoms with Gasteiger partial charge >= 0.3 is 0 Å². The fraction of sp³-hybridized carbons (Fsp3) is 0.333. The molecular formula is C9H11ClN2O. The smallest absolute Gasteiger partial charge is 0.241 e. The van der Waals surface area contributed by atoms with Crippen LogP contribution in [0.5, 0.6) is 0 Å². The fourth-order valence-corrected chi connectivity index (χ4v) is 1.24. The zero-order chi connectivity index (χ0) is 9.68. The zero-order valence-electron chi connectivity index (χ0n) is 7.40. The molecule has 0 fully saturated rings. The van der Waals surface area contributed by atoms with Crippen LogP contribution in [0.4, 0.5) is 5.69 Å². The Balaban J connectivity index is 2.85. The van der Waals surface area contributed by atoms with Gasteiger partial charge in [-0.2, -0.15) is 0 Å². The highest BCUT2D eigenvalue weighted by atomic mass is 35.5. The van der Waals surface area contributed by atoms with Crippen molar-refractivity contribution >= 4 is 23.2 Å². The van der Waals surface area contributed by atoms with Gasteiger partial charge in [0.15, 0.2) is 0 Å². The molecule has 0 atom stereocenters. The molecule has 0 aromatic carbocycles. The number of anilines is 1. The molecule has 0 unspecified atom stereocenters. The summed E-state index contributed by atoms with van der Waals surface area (Å²) in [5, 5.41) is 0. The largest absolute Gasteiger partial charge is 0.312 e. The van der Waals surface area contributed by atoms with E-state index in [9.17, 15) is 4.79 Å². The zero-order valence-corrected chi connectivity index (χ0v) is 8.16. The van der Waals surface area contributed by atoms with E-state index in [-0.39, 0.29) is 11.8 Å². The second-order valence-corrected chi connectivity index (χ2v) is 2.74. The molecule has 0 aliphatic rings. The van der Waals surface area contributed by atoms with Crippen LogP contribution in [0.2, 0.25) is 0 Å². The first-order valence-corrected chi connectivity index (χ1v) is 4.59. The molecule has 1 aromatic heterocycles. The monoisotopic (exact) mass is 198 g/mol. The third-order valence-electron chi connectivity index (χ3n) is 1.71. The SMILES string of the molecule is CCN(C(=O)CCl)c1ccncc1. The van der Waals surface area contributed by atoms with Gasteiger partial charge in [-0.25, -0.2) is 0 Å². The van der Waals surface area contributed by atoms with Gasteiger partial charge in [-0.15, -0.1) is 11.6 Å². The number of pyridine rings is 1. The van der Waals surface area contributed by atoms with Gasteiger partial charge in [0.25, 0.3) is 0 Å². The van der Waals surface area contributed by atoms with Gasteiger partial charge in [-0.1, -0.05) is 0 Å². The summed E-state index contributed by atoms with van der Waals surface area (Å²) in [7, 11) is 0. The predicted octanol–water partition coefficient (Wildman–Crippen LogP) is 1.67. The van der Waals surface area contributed by atoms with E-state index in [1.165, 1.54) is 0 Å². The van der Waals surface area contributed by atoms with Gasteiger partial charge in [-0.05, 0) is 19.1 Å². The normalized spacial score (nSPS) is 9.69. The average molecular weight is 199 g/mol. The molecule has 1 aromatic rings. The number of hydrogen-bond acceptors (Lipinski definition) is 2. The van der Waals surface area contributed by atoms with Crippen molar-refractivity contribution in [1.82, 2.24) is 4.98 Å². The molecule has 3 nitrogen and oxygen atoms in total. The number of aromatic nitrogens is 1. The highest BCUT2D eigenvalue weighted by Crippen LogP contribution is 2.11. The maximum absolute atomic E-state index is 11.3. The molecular weight excluding hydrogens is 188 g/mol. The first kappa shape index (κ1) is 9.99. The summed E-state index contributed by atoms with van der Waals surface area (Å²) in [6, 6.07) is 3.57. The van der Waals surface area contributed by atoms with Crippen molar-refractivity contribution in [2.24, 2.45) is 0 Å². The molecule has 0 saturated carbocycles. The minimum absolute atomic E-state index is 0.0101. The Bertz CT molecular complexity index is 276. The summed E-state index contributed by atoms with van der Waals surface area (Å²) in [4.78, 5) is 16.8. The van der Waals surface area contributed by atoms with Crippen LogP contribution in [0.25, 0.3) is 0 Å². The van der Waals surface area contributed by atoms with Crippen molar-refractivity contribution in [3.8, 4) is 0 Å². The lowest BCUT2D eigenvalue weighted by molar-refractivity contribution is -0.116. The summed E-state index contributed by atoms with van der Waals surface area (Å²) in [6.07, 6.45) is 3.30. The number of rotatable bonds is 3. The van der Waals surface area contributed by atoms with E-state index in [4.69, 9.17) is 11.6 Å². The Morgan fingerprint density at radius 3 is 2.62 bits per heavy atom. The molecule has 1 amide bonds. The Kier molecular flexibility index (Phi) is 3.71. The van der Waals surface area contributed by atoms with E-state index in [1.54, 1.807) is 29.4 Å². The molecule has 0 bridgehead atoms. The van der Waals surface area contributed by atoms with Gasteiger partial charge in [0, 0.05) is 24.6 Å². The molecule has 0 aliphatic carbocycles. The molecule has 0 saturated heterocycles. The lowest BCUT2D eigenvalue weighted by Crippen LogP contribution is -2.31. The molecule has 13 heavy (non-hydrogen) atoms. The van der Waals surface area contributed by atoms with Crippen LogP contribution in [0.15, 0.2) is 24.5 Å². The van der Waals surface area contributed by atoms with Crippen LogP contribution in [0.3, 0.4) is 0 Å². The van der Waals surface area contributed by atoms with Crippen LogP contribution in [-0.2, 0) is 4.79 Å². The van der Waals surface area contributed by atoms with Crippen LogP contribution >= 0.6 is 11.6 Å². The predicted molar refractivity (Wildman–Crippen MR) is 53.0 cm³/mol. The number of hydrogen-bond donors (Lipinski definition) is 0. The standard InChI is InChI=1S/C9H11ClN2O/c1-2-12(9(13)7-10)8-3-5-11-6-4-8/h3-6H,2,7H2,1H3. The molecule has 0 spiro atoms. The molecule has 0 aliphatic heterocycles. The molecule has 0 N–H and O–H groups in total. The van der Waals surface area contributed by atoms with E-state index < -0.39 is 0 Å². The van der Waals surface area contributed by atoms with Gasteiger partial charge in [0.1, 0.15) is 5.88 Å². The maximum atomic E-state index is 11.3. The fourth-order valence-electron chi connectivity index (χ4n) is 1.10. The quantitative estimate of drug-likeness (QED) is 0.693. The topological polar surface area (TPSA) is 33.2 Å². The Hall–Kier alpha value is -1.09. The number of halogens is 1. The molecule has 4 heteroatoms. The summed E-state index contributed by atoms with van der Waals surface area (Å²) < 4.78 is 0. The summed E-state index contributed by atoms with van der Waals surface area (Å²) in [5.74, 6) is -0.0775. The lowest BCUT2D eigenvalue weighted by Gasteiger charge is -2.19. The van der Waals surface area contributed by atoms with Crippen molar-refractivity contribution < 1.29 is 4.79 Å². The summed E-state index contributed by atoms with van der Waals surface area (Å²) in [5.41, 5.74) is 0.836. The highest BCUT2D eigenvalue weighted by molar-refractivity contribution is 6.29. The molecule has 70 valence electrons. The molecule has 0 radical (unpaired) electrons.